The molecule has 1 atom stereocenters. The molecule has 0 aliphatic heterocycles. The van der Waals surface area contributed by atoms with Crippen LogP contribution in [0.2, 0.25) is 0 Å². The molecule has 0 fully saturated rings. The molecule has 0 saturated heterocycles. The lowest BCUT2D eigenvalue weighted by atomic mass is 10.1. The molecule has 17 heavy (non-hydrogen) atoms. The minimum atomic E-state index is -1.30. The Balaban J connectivity index is 3.12. The fraction of sp³-hybridized carbons (Fsp3) is 0.364. The van der Waals surface area contributed by atoms with Crippen molar-refractivity contribution in [2.75, 3.05) is 13.7 Å². The van der Waals surface area contributed by atoms with Gasteiger partial charge in [-0.3, -0.25) is 0 Å². The number of rotatable bonds is 4. The van der Waals surface area contributed by atoms with Crippen molar-refractivity contribution in [1.82, 2.24) is 5.32 Å². The van der Waals surface area contributed by atoms with Gasteiger partial charge in [0.2, 0.25) is 0 Å². The molecule has 1 rings (SSSR count). The van der Waals surface area contributed by atoms with Gasteiger partial charge in [0.05, 0.1) is 6.61 Å². The largest absolute Gasteiger partial charge is 0.465 e. The molecular weight excluding hydrogens is 235 g/mol. The molecule has 0 heterocycles. The fourth-order valence-electron chi connectivity index (χ4n) is 1.39. The Morgan fingerprint density at radius 1 is 1.29 bits per heavy atom. The Labute approximate surface area is 96.6 Å². The molecule has 0 radical (unpaired) electrons. The van der Waals surface area contributed by atoms with Gasteiger partial charge in [0.1, 0.15) is 11.9 Å². The monoisotopic (exact) mass is 247 g/mol. The van der Waals surface area contributed by atoms with Gasteiger partial charge in [-0.15, -0.1) is 0 Å². The second kappa shape index (κ2) is 5.67. The number of nitrogens with one attached hydrogen (secondary N) is 1. The van der Waals surface area contributed by atoms with Gasteiger partial charge in [0.25, 0.3) is 0 Å². The molecule has 0 saturated carbocycles. The fourth-order valence-corrected chi connectivity index (χ4v) is 1.39. The van der Waals surface area contributed by atoms with Crippen LogP contribution in [0.25, 0.3) is 0 Å². The van der Waals surface area contributed by atoms with Crippen LogP contribution in [0.15, 0.2) is 12.1 Å². The second-order valence-corrected chi connectivity index (χ2v) is 3.26. The quantitative estimate of drug-likeness (QED) is 0.652. The molecule has 1 N–H and O–H groups in total. The van der Waals surface area contributed by atoms with E-state index in [0.717, 1.165) is 0 Å². The maximum Gasteiger partial charge on any atom is 0.327 e. The topological polar surface area (TPSA) is 38.3 Å². The molecule has 0 spiro atoms. The number of benzene rings is 1. The standard InChI is InChI=1S/C11H12F3NO2/c1-3-17-11(16)10(15-2)6-4-8(13)9(14)5-7(6)12/h4-5,10,15H,3H2,1-2H3. The summed E-state index contributed by atoms with van der Waals surface area (Å²) in [4.78, 5) is 11.5. The third-order valence-electron chi connectivity index (χ3n) is 2.16. The van der Waals surface area contributed by atoms with Gasteiger partial charge in [0, 0.05) is 11.6 Å². The van der Waals surface area contributed by atoms with Crippen molar-refractivity contribution < 1.29 is 22.7 Å². The first kappa shape index (κ1) is 13.5. The van der Waals surface area contributed by atoms with E-state index in [0.29, 0.717) is 12.1 Å². The molecule has 0 aromatic heterocycles. The summed E-state index contributed by atoms with van der Waals surface area (Å²) in [6.45, 7) is 1.70. The van der Waals surface area contributed by atoms with Crippen molar-refractivity contribution in [3.05, 3.63) is 35.1 Å². The first-order valence-corrected chi connectivity index (χ1v) is 4.99. The lowest BCUT2D eigenvalue weighted by Gasteiger charge is -2.15. The maximum atomic E-state index is 13.4. The smallest absolute Gasteiger partial charge is 0.327 e. The Morgan fingerprint density at radius 2 is 1.88 bits per heavy atom. The van der Waals surface area contributed by atoms with Crippen molar-refractivity contribution in [2.24, 2.45) is 0 Å². The first-order valence-electron chi connectivity index (χ1n) is 4.99. The summed E-state index contributed by atoms with van der Waals surface area (Å²) >= 11 is 0. The molecule has 1 aromatic rings. The van der Waals surface area contributed by atoms with Crippen LogP contribution in [0, 0.1) is 17.5 Å². The van der Waals surface area contributed by atoms with E-state index in [1.54, 1.807) is 6.92 Å². The average Bonchev–Trinajstić information content (AvgIpc) is 2.26. The van der Waals surface area contributed by atoms with Crippen molar-refractivity contribution >= 4 is 5.97 Å². The van der Waals surface area contributed by atoms with Crippen molar-refractivity contribution in [1.29, 1.82) is 0 Å². The number of carbonyl (C=O) groups excluding carboxylic acids is 1. The van der Waals surface area contributed by atoms with Crippen LogP contribution >= 0.6 is 0 Å². The van der Waals surface area contributed by atoms with Gasteiger partial charge in [-0.1, -0.05) is 0 Å². The van der Waals surface area contributed by atoms with Crippen LogP contribution in [0.3, 0.4) is 0 Å². The highest BCUT2D eigenvalue weighted by Crippen LogP contribution is 2.21. The second-order valence-electron chi connectivity index (χ2n) is 3.26. The number of likely N-dealkylation sites (N-methyl/N-ethyl adjacent to an activating group) is 1. The molecule has 1 aromatic carbocycles. The molecule has 0 amide bonds. The van der Waals surface area contributed by atoms with Crippen LogP contribution < -0.4 is 5.32 Å². The summed E-state index contributed by atoms with van der Waals surface area (Å²) in [5.74, 6) is -4.27. The Kier molecular flexibility index (Phi) is 4.51. The van der Waals surface area contributed by atoms with Gasteiger partial charge in [0.15, 0.2) is 11.6 Å². The lowest BCUT2D eigenvalue weighted by Crippen LogP contribution is -2.28. The Hall–Kier alpha value is -1.56. The van der Waals surface area contributed by atoms with E-state index < -0.39 is 29.5 Å². The highest BCUT2D eigenvalue weighted by Gasteiger charge is 2.25. The summed E-state index contributed by atoms with van der Waals surface area (Å²) in [5.41, 5.74) is -0.287. The van der Waals surface area contributed by atoms with E-state index in [4.69, 9.17) is 4.74 Å². The van der Waals surface area contributed by atoms with E-state index >= 15 is 0 Å². The van der Waals surface area contributed by atoms with E-state index in [1.165, 1.54) is 7.05 Å². The summed E-state index contributed by atoms with van der Waals surface area (Å²) < 4.78 is 43.8. The average molecular weight is 247 g/mol. The molecule has 1 unspecified atom stereocenters. The van der Waals surface area contributed by atoms with Crippen LogP contribution in [-0.2, 0) is 9.53 Å². The molecule has 6 heteroatoms. The predicted molar refractivity (Wildman–Crippen MR) is 54.7 cm³/mol. The lowest BCUT2D eigenvalue weighted by molar-refractivity contribution is -0.145. The summed E-state index contributed by atoms with van der Waals surface area (Å²) in [5, 5.41) is 2.49. The van der Waals surface area contributed by atoms with Crippen LogP contribution in [0.4, 0.5) is 13.2 Å². The summed E-state index contributed by atoms with van der Waals surface area (Å²) in [7, 11) is 1.39. The van der Waals surface area contributed by atoms with E-state index in [1.807, 2.05) is 0 Å². The zero-order valence-electron chi connectivity index (χ0n) is 9.39. The molecule has 0 aliphatic carbocycles. The van der Waals surface area contributed by atoms with E-state index in [9.17, 15) is 18.0 Å². The van der Waals surface area contributed by atoms with Gasteiger partial charge in [-0.05, 0) is 20.0 Å². The summed E-state index contributed by atoms with van der Waals surface area (Å²) in [6.07, 6.45) is 0. The van der Waals surface area contributed by atoms with Crippen LogP contribution in [0.5, 0.6) is 0 Å². The number of hydrogen-bond acceptors (Lipinski definition) is 3. The van der Waals surface area contributed by atoms with E-state index in [-0.39, 0.29) is 12.2 Å². The molecular formula is C11H12F3NO2. The maximum absolute atomic E-state index is 13.4. The van der Waals surface area contributed by atoms with Gasteiger partial charge < -0.3 is 10.1 Å². The van der Waals surface area contributed by atoms with Crippen molar-refractivity contribution in [3.8, 4) is 0 Å². The highest BCUT2D eigenvalue weighted by molar-refractivity contribution is 5.77. The number of esters is 1. The molecule has 0 bridgehead atoms. The molecule has 94 valence electrons. The third kappa shape index (κ3) is 2.97. The SMILES string of the molecule is CCOC(=O)C(NC)c1cc(F)c(F)cc1F. The van der Waals surface area contributed by atoms with Gasteiger partial charge >= 0.3 is 5.97 Å². The number of halogens is 3. The first-order chi connectivity index (χ1) is 8.01. The zero-order valence-corrected chi connectivity index (χ0v) is 9.39. The van der Waals surface area contributed by atoms with Crippen LogP contribution in [0.1, 0.15) is 18.5 Å². The number of ether oxygens (including phenoxy) is 1. The third-order valence-corrected chi connectivity index (χ3v) is 2.16. The van der Waals surface area contributed by atoms with E-state index in [2.05, 4.69) is 5.32 Å². The van der Waals surface area contributed by atoms with Crippen molar-refractivity contribution in [3.63, 3.8) is 0 Å². The Bertz CT molecular complexity index is 423. The Morgan fingerprint density at radius 3 is 2.41 bits per heavy atom. The predicted octanol–water partition coefficient (Wildman–Crippen LogP) is 1.93. The highest BCUT2D eigenvalue weighted by atomic mass is 19.2. The number of carbonyl (C=O) groups is 1. The van der Waals surface area contributed by atoms with Crippen LogP contribution in [-0.4, -0.2) is 19.6 Å². The molecule has 3 nitrogen and oxygen atoms in total. The molecule has 0 aliphatic rings. The van der Waals surface area contributed by atoms with Gasteiger partial charge in [-0.25, -0.2) is 18.0 Å². The summed E-state index contributed by atoms with van der Waals surface area (Å²) in [6, 6.07) is -0.123. The minimum absolute atomic E-state index is 0.113. The van der Waals surface area contributed by atoms with Gasteiger partial charge in [-0.2, -0.15) is 0 Å². The number of hydrogen-bond donors (Lipinski definition) is 1. The normalized spacial score (nSPS) is 12.3. The zero-order chi connectivity index (χ0) is 13.0. The minimum Gasteiger partial charge on any atom is -0.465 e. The van der Waals surface area contributed by atoms with Crippen molar-refractivity contribution in [2.45, 2.75) is 13.0 Å².